The SMILES string of the molecule is CC(C)c1ccc(I)c(Cl)c1Cl. The van der Waals surface area contributed by atoms with Gasteiger partial charge in [0.2, 0.25) is 0 Å². The molecular weight excluding hydrogens is 306 g/mol. The second-order valence-electron chi connectivity index (χ2n) is 2.92. The van der Waals surface area contributed by atoms with E-state index in [0.29, 0.717) is 16.0 Å². The van der Waals surface area contributed by atoms with E-state index in [-0.39, 0.29) is 0 Å². The van der Waals surface area contributed by atoms with Gasteiger partial charge in [-0.15, -0.1) is 0 Å². The summed E-state index contributed by atoms with van der Waals surface area (Å²) in [5.74, 6) is 0.423. The zero-order valence-electron chi connectivity index (χ0n) is 6.87. The third kappa shape index (κ3) is 2.06. The summed E-state index contributed by atoms with van der Waals surface area (Å²) in [4.78, 5) is 0. The average Bonchev–Trinajstić information content (AvgIpc) is 2.00. The highest BCUT2D eigenvalue weighted by Crippen LogP contribution is 2.33. The fourth-order valence-electron chi connectivity index (χ4n) is 0.987. The van der Waals surface area contributed by atoms with Gasteiger partial charge >= 0.3 is 0 Å². The van der Waals surface area contributed by atoms with E-state index < -0.39 is 0 Å². The summed E-state index contributed by atoms with van der Waals surface area (Å²) in [5, 5.41) is 1.36. The Balaban J connectivity index is 3.27. The van der Waals surface area contributed by atoms with Gasteiger partial charge < -0.3 is 0 Å². The van der Waals surface area contributed by atoms with E-state index in [0.717, 1.165) is 9.13 Å². The molecule has 0 fully saturated rings. The second kappa shape index (κ2) is 4.16. The number of halogens is 3. The minimum atomic E-state index is 0.423. The van der Waals surface area contributed by atoms with Gasteiger partial charge in [-0.05, 0) is 40.1 Å². The number of hydrogen-bond acceptors (Lipinski definition) is 0. The Kier molecular flexibility index (Phi) is 3.68. The van der Waals surface area contributed by atoms with Crippen LogP contribution < -0.4 is 0 Å². The first-order chi connectivity index (χ1) is 5.54. The molecule has 0 saturated carbocycles. The largest absolute Gasteiger partial charge is 0.0824 e. The molecule has 0 amide bonds. The topological polar surface area (TPSA) is 0 Å². The first-order valence-electron chi connectivity index (χ1n) is 3.67. The predicted molar refractivity (Wildman–Crippen MR) is 63.3 cm³/mol. The summed E-state index contributed by atoms with van der Waals surface area (Å²) in [6.45, 7) is 4.20. The Bertz CT molecular complexity index is 295. The molecule has 0 unspecified atom stereocenters. The highest BCUT2D eigenvalue weighted by atomic mass is 127. The minimum absolute atomic E-state index is 0.423. The first kappa shape index (κ1) is 10.6. The molecule has 0 aromatic heterocycles. The maximum Gasteiger partial charge on any atom is 0.0728 e. The van der Waals surface area contributed by atoms with Gasteiger partial charge in [0.05, 0.1) is 10.0 Å². The molecule has 0 atom stereocenters. The molecule has 1 rings (SSSR count). The highest BCUT2D eigenvalue weighted by molar-refractivity contribution is 14.1. The zero-order valence-corrected chi connectivity index (χ0v) is 10.5. The molecule has 0 radical (unpaired) electrons. The van der Waals surface area contributed by atoms with Crippen LogP contribution in [-0.2, 0) is 0 Å². The van der Waals surface area contributed by atoms with E-state index in [1.807, 2.05) is 12.1 Å². The van der Waals surface area contributed by atoms with Crippen molar-refractivity contribution in [2.45, 2.75) is 19.8 Å². The van der Waals surface area contributed by atoms with Gasteiger partial charge in [-0.3, -0.25) is 0 Å². The monoisotopic (exact) mass is 314 g/mol. The molecule has 3 heteroatoms. The van der Waals surface area contributed by atoms with Crippen molar-refractivity contribution >= 4 is 45.8 Å². The maximum absolute atomic E-state index is 6.06. The molecule has 0 aliphatic heterocycles. The van der Waals surface area contributed by atoms with Crippen LogP contribution in [0, 0.1) is 3.57 Å². The van der Waals surface area contributed by atoms with Crippen LogP contribution in [0.15, 0.2) is 12.1 Å². The molecule has 12 heavy (non-hydrogen) atoms. The first-order valence-corrected chi connectivity index (χ1v) is 5.51. The van der Waals surface area contributed by atoms with Crippen LogP contribution in [0.5, 0.6) is 0 Å². The second-order valence-corrected chi connectivity index (χ2v) is 4.84. The lowest BCUT2D eigenvalue weighted by atomic mass is 10.0. The summed E-state index contributed by atoms with van der Waals surface area (Å²) in [5.41, 5.74) is 1.11. The summed E-state index contributed by atoms with van der Waals surface area (Å²) >= 11 is 14.2. The molecule has 1 aromatic carbocycles. The molecular formula is C9H9Cl2I. The third-order valence-electron chi connectivity index (χ3n) is 1.69. The van der Waals surface area contributed by atoms with Gasteiger partial charge in [0.15, 0.2) is 0 Å². The Morgan fingerprint density at radius 2 is 1.75 bits per heavy atom. The van der Waals surface area contributed by atoms with Crippen molar-refractivity contribution < 1.29 is 0 Å². The molecule has 0 aliphatic rings. The van der Waals surface area contributed by atoms with Crippen molar-refractivity contribution in [1.29, 1.82) is 0 Å². The minimum Gasteiger partial charge on any atom is -0.0824 e. The maximum atomic E-state index is 6.06. The van der Waals surface area contributed by atoms with Crippen molar-refractivity contribution in [3.63, 3.8) is 0 Å². The van der Waals surface area contributed by atoms with Gasteiger partial charge in [-0.1, -0.05) is 43.1 Å². The predicted octanol–water partition coefficient (Wildman–Crippen LogP) is 4.72. The van der Waals surface area contributed by atoms with Crippen LogP contribution in [0.2, 0.25) is 10.0 Å². The van der Waals surface area contributed by atoms with E-state index >= 15 is 0 Å². The fraction of sp³-hybridized carbons (Fsp3) is 0.333. The molecule has 0 aliphatic carbocycles. The van der Waals surface area contributed by atoms with E-state index in [9.17, 15) is 0 Å². The van der Waals surface area contributed by atoms with Crippen molar-refractivity contribution in [3.8, 4) is 0 Å². The standard InChI is InChI=1S/C9H9Cl2I/c1-5(2)6-3-4-7(12)9(11)8(6)10/h3-5H,1-2H3. The summed E-state index contributed by atoms with van der Waals surface area (Å²) < 4.78 is 1.00. The molecule has 66 valence electrons. The van der Waals surface area contributed by atoms with Gasteiger partial charge in [-0.2, -0.15) is 0 Å². The third-order valence-corrected chi connectivity index (χ3v) is 3.80. The Labute approximate surface area is 96.4 Å². The van der Waals surface area contributed by atoms with E-state index in [4.69, 9.17) is 23.2 Å². The lowest BCUT2D eigenvalue weighted by Gasteiger charge is -2.09. The molecule has 0 N–H and O–H groups in total. The van der Waals surface area contributed by atoms with Gasteiger partial charge in [0, 0.05) is 3.57 Å². The molecule has 0 heterocycles. The number of rotatable bonds is 1. The van der Waals surface area contributed by atoms with Crippen LogP contribution >= 0.6 is 45.8 Å². The highest BCUT2D eigenvalue weighted by Gasteiger charge is 2.10. The normalized spacial score (nSPS) is 10.8. The van der Waals surface area contributed by atoms with Gasteiger partial charge in [-0.25, -0.2) is 0 Å². The van der Waals surface area contributed by atoms with Gasteiger partial charge in [0.1, 0.15) is 0 Å². The summed E-state index contributed by atoms with van der Waals surface area (Å²) in [6.07, 6.45) is 0. The van der Waals surface area contributed by atoms with Crippen LogP contribution in [0.4, 0.5) is 0 Å². The van der Waals surface area contributed by atoms with Crippen LogP contribution in [0.25, 0.3) is 0 Å². The Morgan fingerprint density at radius 1 is 1.17 bits per heavy atom. The van der Waals surface area contributed by atoms with Crippen molar-refractivity contribution in [2.75, 3.05) is 0 Å². The van der Waals surface area contributed by atoms with Crippen LogP contribution in [-0.4, -0.2) is 0 Å². The quantitative estimate of drug-likeness (QED) is 0.519. The lowest BCUT2D eigenvalue weighted by Crippen LogP contribution is -1.90. The smallest absolute Gasteiger partial charge is 0.0728 e. The summed E-state index contributed by atoms with van der Waals surface area (Å²) in [7, 11) is 0. The Hall–Kier alpha value is 0.530. The van der Waals surface area contributed by atoms with E-state index in [2.05, 4.69) is 36.4 Å². The molecule has 0 nitrogen and oxygen atoms in total. The van der Waals surface area contributed by atoms with Gasteiger partial charge in [0.25, 0.3) is 0 Å². The number of benzene rings is 1. The van der Waals surface area contributed by atoms with Crippen LogP contribution in [0.3, 0.4) is 0 Å². The summed E-state index contributed by atoms with van der Waals surface area (Å²) in [6, 6.07) is 4.02. The molecule has 0 spiro atoms. The molecule has 0 saturated heterocycles. The fourth-order valence-corrected chi connectivity index (χ4v) is 2.15. The van der Waals surface area contributed by atoms with Crippen molar-refractivity contribution in [2.24, 2.45) is 0 Å². The molecule has 0 bridgehead atoms. The Morgan fingerprint density at radius 3 is 2.25 bits per heavy atom. The molecule has 1 aromatic rings. The van der Waals surface area contributed by atoms with Crippen molar-refractivity contribution in [3.05, 3.63) is 31.3 Å². The zero-order chi connectivity index (χ0) is 9.30. The van der Waals surface area contributed by atoms with Crippen LogP contribution in [0.1, 0.15) is 25.3 Å². The number of hydrogen-bond donors (Lipinski definition) is 0. The van der Waals surface area contributed by atoms with Crippen molar-refractivity contribution in [1.82, 2.24) is 0 Å². The van der Waals surface area contributed by atoms with E-state index in [1.165, 1.54) is 0 Å². The average molecular weight is 315 g/mol. The van der Waals surface area contributed by atoms with E-state index in [1.54, 1.807) is 0 Å². The lowest BCUT2D eigenvalue weighted by molar-refractivity contribution is 0.866.